The van der Waals surface area contributed by atoms with Crippen molar-refractivity contribution in [2.24, 2.45) is 0 Å². The molecule has 0 saturated heterocycles. The second-order valence-electron chi connectivity index (χ2n) is 7.40. The molecule has 0 bridgehead atoms. The summed E-state index contributed by atoms with van der Waals surface area (Å²) in [5, 5.41) is 6.48. The number of rotatable bonds is 10. The van der Waals surface area contributed by atoms with Gasteiger partial charge in [0.1, 0.15) is 0 Å². The van der Waals surface area contributed by atoms with Crippen molar-refractivity contribution >= 4 is 33.5 Å². The summed E-state index contributed by atoms with van der Waals surface area (Å²) in [4.78, 5) is 11.5. The minimum atomic E-state index is 0.921. The molecule has 4 rings (SSSR count). The average Bonchev–Trinajstić information content (AvgIpc) is 3.45. The molecule has 1 N–H and O–H groups in total. The Bertz CT molecular complexity index is 1040. The minimum Gasteiger partial charge on any atom is -0.332 e. The molecule has 3 nitrogen and oxygen atoms in total. The van der Waals surface area contributed by atoms with Gasteiger partial charge in [0.05, 0.1) is 21.1 Å². The summed E-state index contributed by atoms with van der Waals surface area (Å²) in [5.41, 5.74) is 4.52. The van der Waals surface area contributed by atoms with Crippen LogP contribution in [-0.2, 0) is 6.42 Å². The Morgan fingerprint density at radius 3 is 2.40 bits per heavy atom. The van der Waals surface area contributed by atoms with Gasteiger partial charge in [0.15, 0.2) is 5.13 Å². The smallest absolute Gasteiger partial charge is 0.187 e. The molecule has 0 unspecified atom stereocenters. The average molecular weight is 434 g/mol. The molecule has 0 radical (unpaired) electrons. The molecule has 3 aromatic heterocycles. The number of hydrogen-bond acceptors (Lipinski definition) is 5. The van der Waals surface area contributed by atoms with Gasteiger partial charge in [-0.3, -0.25) is 4.98 Å². The molecule has 0 aliphatic carbocycles. The summed E-state index contributed by atoms with van der Waals surface area (Å²) in [6.45, 7) is 2.26. The first-order chi connectivity index (χ1) is 14.8. The first-order valence-corrected chi connectivity index (χ1v) is 12.3. The van der Waals surface area contributed by atoms with E-state index >= 15 is 0 Å². The minimum absolute atomic E-state index is 0.921. The van der Waals surface area contributed by atoms with Crippen LogP contribution in [0.1, 0.15) is 44.6 Å². The van der Waals surface area contributed by atoms with Crippen LogP contribution in [0, 0.1) is 0 Å². The SMILES string of the molecule is CCCCCCCc1ccc(Nc2nc(-c3ccc(-c4ccccn4)s3)cs2)cc1. The third-order valence-corrected chi connectivity index (χ3v) is 6.94. The molecule has 0 fully saturated rings. The Balaban J connectivity index is 1.34. The van der Waals surface area contributed by atoms with Crippen LogP contribution in [0.25, 0.3) is 21.1 Å². The lowest BCUT2D eigenvalue weighted by atomic mass is 10.1. The zero-order chi connectivity index (χ0) is 20.6. The third-order valence-electron chi connectivity index (χ3n) is 5.05. The van der Waals surface area contributed by atoms with Crippen molar-refractivity contribution in [3.8, 4) is 21.1 Å². The lowest BCUT2D eigenvalue weighted by Crippen LogP contribution is -1.91. The molecular formula is C25H27N3S2. The molecular weight excluding hydrogens is 406 g/mol. The van der Waals surface area contributed by atoms with Gasteiger partial charge in [0, 0.05) is 17.3 Å². The number of thiophene rings is 1. The molecule has 4 aromatic rings. The van der Waals surface area contributed by atoms with Crippen LogP contribution in [-0.4, -0.2) is 9.97 Å². The quantitative estimate of drug-likeness (QED) is 0.256. The predicted octanol–water partition coefficient (Wildman–Crippen LogP) is 8.19. The summed E-state index contributed by atoms with van der Waals surface area (Å²) in [7, 11) is 0. The molecule has 0 spiro atoms. The van der Waals surface area contributed by atoms with E-state index in [1.165, 1.54) is 53.8 Å². The largest absolute Gasteiger partial charge is 0.332 e. The number of anilines is 2. The maximum absolute atomic E-state index is 4.78. The first kappa shape index (κ1) is 20.8. The summed E-state index contributed by atoms with van der Waals surface area (Å²) >= 11 is 3.37. The van der Waals surface area contributed by atoms with Gasteiger partial charge in [-0.05, 0) is 54.8 Å². The number of thiazole rings is 1. The van der Waals surface area contributed by atoms with Crippen molar-refractivity contribution < 1.29 is 0 Å². The zero-order valence-corrected chi connectivity index (χ0v) is 18.9. The van der Waals surface area contributed by atoms with Gasteiger partial charge in [0.25, 0.3) is 0 Å². The lowest BCUT2D eigenvalue weighted by molar-refractivity contribution is 0.632. The van der Waals surface area contributed by atoms with E-state index < -0.39 is 0 Å². The highest BCUT2D eigenvalue weighted by Crippen LogP contribution is 2.35. The summed E-state index contributed by atoms with van der Waals surface area (Å²) in [5.74, 6) is 0. The van der Waals surface area contributed by atoms with Crippen LogP contribution in [0.5, 0.6) is 0 Å². The maximum atomic E-state index is 4.78. The van der Waals surface area contributed by atoms with Crippen molar-refractivity contribution in [1.82, 2.24) is 9.97 Å². The van der Waals surface area contributed by atoms with Gasteiger partial charge in [0.2, 0.25) is 0 Å². The van der Waals surface area contributed by atoms with E-state index in [0.29, 0.717) is 0 Å². The summed E-state index contributed by atoms with van der Waals surface area (Å²) in [6.07, 6.45) is 9.63. The van der Waals surface area contributed by atoms with E-state index in [1.54, 1.807) is 22.7 Å². The molecule has 0 aliphatic rings. The van der Waals surface area contributed by atoms with Crippen molar-refractivity contribution in [2.45, 2.75) is 45.4 Å². The van der Waals surface area contributed by atoms with Crippen LogP contribution >= 0.6 is 22.7 Å². The monoisotopic (exact) mass is 433 g/mol. The standard InChI is InChI=1S/C25H27N3S2/c1-2-3-4-5-6-9-19-11-13-20(14-12-19)27-25-28-22(18-29-25)24-16-15-23(30-24)21-10-7-8-17-26-21/h7-8,10-18H,2-6,9H2,1H3,(H,27,28). The highest BCUT2D eigenvalue weighted by Gasteiger charge is 2.09. The highest BCUT2D eigenvalue weighted by atomic mass is 32.1. The molecule has 0 saturated carbocycles. The fourth-order valence-corrected chi connectivity index (χ4v) is 5.13. The Hall–Kier alpha value is -2.50. The van der Waals surface area contributed by atoms with E-state index in [9.17, 15) is 0 Å². The summed E-state index contributed by atoms with van der Waals surface area (Å²) < 4.78 is 0. The molecule has 0 amide bonds. The van der Waals surface area contributed by atoms with Crippen LogP contribution in [0.2, 0.25) is 0 Å². The molecule has 1 aromatic carbocycles. The molecule has 5 heteroatoms. The van der Waals surface area contributed by atoms with Gasteiger partial charge in [-0.1, -0.05) is 50.8 Å². The number of aryl methyl sites for hydroxylation is 1. The Morgan fingerprint density at radius 2 is 1.63 bits per heavy atom. The Morgan fingerprint density at radius 1 is 0.833 bits per heavy atom. The zero-order valence-electron chi connectivity index (χ0n) is 17.3. The number of pyridine rings is 1. The van der Waals surface area contributed by atoms with Crippen molar-refractivity contribution in [2.75, 3.05) is 5.32 Å². The van der Waals surface area contributed by atoms with Gasteiger partial charge in [-0.25, -0.2) is 4.98 Å². The Labute approximate surface area is 186 Å². The number of benzene rings is 1. The topological polar surface area (TPSA) is 37.8 Å². The lowest BCUT2D eigenvalue weighted by Gasteiger charge is -2.05. The highest BCUT2D eigenvalue weighted by molar-refractivity contribution is 7.19. The number of unbranched alkanes of at least 4 members (excludes halogenated alkanes) is 4. The normalized spacial score (nSPS) is 11.0. The molecule has 154 valence electrons. The maximum Gasteiger partial charge on any atom is 0.187 e. The number of aromatic nitrogens is 2. The predicted molar refractivity (Wildman–Crippen MR) is 131 cm³/mol. The molecule has 0 aliphatic heterocycles. The number of hydrogen-bond donors (Lipinski definition) is 1. The van der Waals surface area contributed by atoms with Gasteiger partial charge in [-0.2, -0.15) is 0 Å². The molecule has 30 heavy (non-hydrogen) atoms. The van der Waals surface area contributed by atoms with Gasteiger partial charge < -0.3 is 5.32 Å². The second kappa shape index (κ2) is 10.5. The first-order valence-electron chi connectivity index (χ1n) is 10.6. The van der Waals surface area contributed by atoms with Gasteiger partial charge >= 0.3 is 0 Å². The second-order valence-corrected chi connectivity index (χ2v) is 9.34. The third kappa shape index (κ3) is 5.55. The van der Waals surface area contributed by atoms with Crippen LogP contribution in [0.4, 0.5) is 10.8 Å². The summed E-state index contributed by atoms with van der Waals surface area (Å²) in [6, 6.07) is 19.0. The molecule has 3 heterocycles. The van der Waals surface area contributed by atoms with Crippen LogP contribution in [0.15, 0.2) is 66.2 Å². The fourth-order valence-electron chi connectivity index (χ4n) is 3.38. The van der Waals surface area contributed by atoms with E-state index in [-0.39, 0.29) is 0 Å². The number of nitrogens with one attached hydrogen (secondary N) is 1. The van der Waals surface area contributed by atoms with E-state index in [4.69, 9.17) is 4.98 Å². The van der Waals surface area contributed by atoms with Crippen molar-refractivity contribution in [1.29, 1.82) is 0 Å². The van der Waals surface area contributed by atoms with Crippen LogP contribution in [0.3, 0.4) is 0 Å². The Kier molecular flexibility index (Phi) is 7.27. The van der Waals surface area contributed by atoms with Crippen LogP contribution < -0.4 is 5.32 Å². The van der Waals surface area contributed by atoms with Crippen molar-refractivity contribution in [3.05, 3.63) is 71.7 Å². The van der Waals surface area contributed by atoms with E-state index in [0.717, 1.165) is 22.2 Å². The van der Waals surface area contributed by atoms with E-state index in [2.05, 4.69) is 59.0 Å². The van der Waals surface area contributed by atoms with Crippen molar-refractivity contribution in [3.63, 3.8) is 0 Å². The molecule has 0 atom stereocenters. The van der Waals surface area contributed by atoms with E-state index in [1.807, 2.05) is 24.4 Å². The van der Waals surface area contributed by atoms with Gasteiger partial charge in [-0.15, -0.1) is 22.7 Å². The fraction of sp³-hybridized carbons (Fsp3) is 0.280. The number of nitrogens with zero attached hydrogens (tertiary/aromatic N) is 2.